The highest BCUT2D eigenvalue weighted by Crippen LogP contribution is 2.21. The minimum absolute atomic E-state index is 0.0452. The molecule has 0 fully saturated rings. The zero-order valence-electron chi connectivity index (χ0n) is 17.6. The number of aromatic nitrogens is 3. The van der Waals surface area contributed by atoms with Crippen LogP contribution in [0, 0.1) is 20.8 Å². The van der Waals surface area contributed by atoms with Gasteiger partial charge in [-0.15, -0.1) is 0 Å². The van der Waals surface area contributed by atoms with Crippen molar-refractivity contribution in [2.45, 2.75) is 27.3 Å². The molecule has 3 rings (SSSR count). The van der Waals surface area contributed by atoms with Crippen LogP contribution in [0.15, 0.2) is 49.2 Å². The van der Waals surface area contributed by atoms with E-state index in [9.17, 15) is 9.59 Å². The second-order valence-electron chi connectivity index (χ2n) is 7.33. The fourth-order valence-electron chi connectivity index (χ4n) is 3.22. The summed E-state index contributed by atoms with van der Waals surface area (Å²) in [7, 11) is 1.59. The van der Waals surface area contributed by atoms with Gasteiger partial charge in [0.1, 0.15) is 18.7 Å². The lowest BCUT2D eigenvalue weighted by Crippen LogP contribution is -2.41. The number of nitrogens with one attached hydrogen (secondary N) is 2. The molecule has 0 saturated carbocycles. The summed E-state index contributed by atoms with van der Waals surface area (Å²) in [5.74, 6) is 0.507. The van der Waals surface area contributed by atoms with Crippen LogP contribution in [0.5, 0.6) is 0 Å². The van der Waals surface area contributed by atoms with Gasteiger partial charge in [-0.2, -0.15) is 0 Å². The molecule has 3 amide bonds. The van der Waals surface area contributed by atoms with Gasteiger partial charge in [0.2, 0.25) is 5.91 Å². The third-order valence-electron chi connectivity index (χ3n) is 4.69. The van der Waals surface area contributed by atoms with Crippen LogP contribution >= 0.6 is 0 Å². The summed E-state index contributed by atoms with van der Waals surface area (Å²) >= 11 is 0. The number of carbonyl (C=O) groups is 2. The predicted octanol–water partition coefficient (Wildman–Crippen LogP) is 2.97. The Bertz CT molecular complexity index is 1010. The minimum atomic E-state index is -0.332. The van der Waals surface area contributed by atoms with Gasteiger partial charge in [-0.3, -0.25) is 9.36 Å². The van der Waals surface area contributed by atoms with Crippen molar-refractivity contribution in [3.05, 3.63) is 71.4 Å². The van der Waals surface area contributed by atoms with Gasteiger partial charge in [-0.05, 0) is 43.5 Å². The number of aryl methyl sites for hydroxylation is 3. The topological polar surface area (TPSA) is 92.2 Å². The van der Waals surface area contributed by atoms with Crippen molar-refractivity contribution in [1.82, 2.24) is 24.8 Å². The Morgan fingerprint density at radius 3 is 2.47 bits per heavy atom. The Morgan fingerprint density at radius 2 is 1.87 bits per heavy atom. The normalized spacial score (nSPS) is 10.5. The number of anilines is 1. The number of rotatable bonds is 6. The zero-order valence-corrected chi connectivity index (χ0v) is 17.6. The van der Waals surface area contributed by atoms with E-state index in [0.717, 1.165) is 33.8 Å². The van der Waals surface area contributed by atoms with Crippen molar-refractivity contribution >= 4 is 17.6 Å². The largest absolute Gasteiger partial charge is 0.334 e. The molecule has 0 aliphatic heterocycles. The molecule has 30 heavy (non-hydrogen) atoms. The van der Waals surface area contributed by atoms with Crippen LogP contribution in [0.1, 0.15) is 22.3 Å². The second kappa shape index (κ2) is 9.21. The van der Waals surface area contributed by atoms with Crippen LogP contribution < -0.4 is 10.6 Å². The summed E-state index contributed by atoms with van der Waals surface area (Å²) in [6, 6.07) is 7.45. The molecule has 3 aromatic rings. The maximum Gasteiger partial charge on any atom is 0.317 e. The molecule has 0 unspecified atom stereocenters. The summed E-state index contributed by atoms with van der Waals surface area (Å²) in [6.07, 6.45) is 6.86. The van der Waals surface area contributed by atoms with Crippen LogP contribution in [0.3, 0.4) is 0 Å². The summed E-state index contributed by atoms with van der Waals surface area (Å²) in [5.41, 5.74) is 4.80. The first-order valence-electron chi connectivity index (χ1n) is 9.63. The number of pyridine rings is 1. The minimum Gasteiger partial charge on any atom is -0.334 e. The van der Waals surface area contributed by atoms with E-state index in [1.54, 1.807) is 30.3 Å². The van der Waals surface area contributed by atoms with Crippen molar-refractivity contribution in [2.75, 3.05) is 18.9 Å². The van der Waals surface area contributed by atoms with Gasteiger partial charge in [0, 0.05) is 37.9 Å². The van der Waals surface area contributed by atoms with E-state index >= 15 is 0 Å². The summed E-state index contributed by atoms with van der Waals surface area (Å²) in [4.78, 5) is 34.4. The van der Waals surface area contributed by atoms with Crippen LogP contribution in [-0.4, -0.2) is 45.0 Å². The van der Waals surface area contributed by atoms with E-state index in [1.807, 2.05) is 51.2 Å². The van der Waals surface area contributed by atoms with Crippen molar-refractivity contribution in [3.8, 4) is 5.82 Å². The molecule has 2 N–H and O–H groups in total. The van der Waals surface area contributed by atoms with Crippen molar-refractivity contribution in [2.24, 2.45) is 0 Å². The highest BCUT2D eigenvalue weighted by atomic mass is 16.2. The van der Waals surface area contributed by atoms with Gasteiger partial charge in [-0.25, -0.2) is 14.8 Å². The Labute approximate surface area is 176 Å². The molecule has 0 aliphatic carbocycles. The third kappa shape index (κ3) is 5.22. The third-order valence-corrected chi connectivity index (χ3v) is 4.69. The molecule has 0 radical (unpaired) electrons. The number of benzene rings is 1. The molecule has 0 atom stereocenters. The molecular formula is C22H26N6O2. The molecule has 0 saturated heterocycles. The number of hydrogen-bond donors (Lipinski definition) is 2. The molecule has 1 aromatic carbocycles. The molecule has 0 bridgehead atoms. The Balaban J connectivity index is 1.50. The number of carbonyl (C=O) groups excluding carboxylic acids is 2. The molecule has 8 nitrogen and oxygen atoms in total. The van der Waals surface area contributed by atoms with Gasteiger partial charge < -0.3 is 15.5 Å². The lowest BCUT2D eigenvalue weighted by atomic mass is 10.1. The molecule has 8 heteroatoms. The van der Waals surface area contributed by atoms with Gasteiger partial charge in [0.25, 0.3) is 0 Å². The van der Waals surface area contributed by atoms with Crippen molar-refractivity contribution < 1.29 is 9.59 Å². The lowest BCUT2D eigenvalue weighted by Gasteiger charge is -2.19. The standard InChI is InChI=1S/C22H26N6O2/c1-15-9-16(2)21(17(3)10-15)26-20(29)13-27(4)22(30)25-12-18-5-6-19(24-11-18)28-8-7-23-14-28/h5-11,14H,12-13H2,1-4H3,(H,25,30)(H,26,29). The first-order valence-corrected chi connectivity index (χ1v) is 9.63. The van der Waals surface area contributed by atoms with Gasteiger partial charge in [-0.1, -0.05) is 23.8 Å². The molecule has 0 spiro atoms. The molecule has 0 aliphatic rings. The average Bonchev–Trinajstić information content (AvgIpc) is 3.24. The van der Waals surface area contributed by atoms with Gasteiger partial charge >= 0.3 is 6.03 Å². The maximum atomic E-state index is 12.4. The fraction of sp³-hybridized carbons (Fsp3) is 0.273. The number of likely N-dealkylation sites (N-methyl/N-ethyl adjacent to an activating group) is 1. The van der Waals surface area contributed by atoms with Crippen LogP contribution in [-0.2, 0) is 11.3 Å². The maximum absolute atomic E-state index is 12.4. The first kappa shape index (κ1) is 21.0. The molecule has 2 heterocycles. The van der Waals surface area contributed by atoms with Crippen molar-refractivity contribution in [3.63, 3.8) is 0 Å². The van der Waals surface area contributed by atoms with Crippen LogP contribution in [0.2, 0.25) is 0 Å². The lowest BCUT2D eigenvalue weighted by molar-refractivity contribution is -0.116. The molecular weight excluding hydrogens is 380 g/mol. The van der Waals surface area contributed by atoms with Gasteiger partial charge in [0.05, 0.1) is 0 Å². The van der Waals surface area contributed by atoms with E-state index in [4.69, 9.17) is 0 Å². The smallest absolute Gasteiger partial charge is 0.317 e. The van der Waals surface area contributed by atoms with E-state index in [-0.39, 0.29) is 18.5 Å². The monoisotopic (exact) mass is 406 g/mol. The van der Waals surface area contributed by atoms with Crippen molar-refractivity contribution in [1.29, 1.82) is 0 Å². The van der Waals surface area contributed by atoms with Gasteiger partial charge in [0.15, 0.2) is 0 Å². The Hall–Kier alpha value is -3.68. The van der Waals surface area contributed by atoms with Crippen LogP contribution in [0.4, 0.5) is 10.5 Å². The number of nitrogens with zero attached hydrogens (tertiary/aromatic N) is 4. The van der Waals surface area contributed by atoms with Crippen LogP contribution in [0.25, 0.3) is 5.82 Å². The summed E-state index contributed by atoms with van der Waals surface area (Å²) < 4.78 is 1.80. The Kier molecular flexibility index (Phi) is 6.46. The van der Waals surface area contributed by atoms with E-state index in [2.05, 4.69) is 20.6 Å². The number of amides is 3. The molecule has 156 valence electrons. The fourth-order valence-corrected chi connectivity index (χ4v) is 3.22. The zero-order chi connectivity index (χ0) is 21.7. The first-order chi connectivity index (χ1) is 14.3. The van der Waals surface area contributed by atoms with E-state index in [1.165, 1.54) is 4.90 Å². The Morgan fingerprint density at radius 1 is 1.13 bits per heavy atom. The SMILES string of the molecule is Cc1cc(C)c(NC(=O)CN(C)C(=O)NCc2ccc(-n3ccnc3)nc2)c(C)c1. The quantitative estimate of drug-likeness (QED) is 0.658. The second-order valence-corrected chi connectivity index (χ2v) is 7.33. The van der Waals surface area contributed by atoms with E-state index < -0.39 is 0 Å². The number of hydrogen-bond acceptors (Lipinski definition) is 4. The molecule has 2 aromatic heterocycles. The highest BCUT2D eigenvalue weighted by molar-refractivity contribution is 5.95. The number of urea groups is 1. The average molecular weight is 406 g/mol. The number of imidazole rings is 1. The highest BCUT2D eigenvalue weighted by Gasteiger charge is 2.14. The summed E-state index contributed by atoms with van der Waals surface area (Å²) in [5, 5.41) is 5.71. The summed E-state index contributed by atoms with van der Waals surface area (Å²) in [6.45, 7) is 6.20. The predicted molar refractivity (Wildman–Crippen MR) is 116 cm³/mol. The van der Waals surface area contributed by atoms with E-state index in [0.29, 0.717) is 6.54 Å².